The smallest absolute Gasteiger partial charge is 0.315 e. The minimum Gasteiger partial charge on any atom is -0.468 e. The molecular weight excluding hydrogens is 186 g/mol. The van der Waals surface area contributed by atoms with E-state index in [9.17, 15) is 14.4 Å². The zero-order chi connectivity index (χ0) is 11.7. The van der Waals surface area contributed by atoms with Gasteiger partial charge in [-0.1, -0.05) is 0 Å². The highest BCUT2D eigenvalue weighted by molar-refractivity contribution is 5.97. The predicted molar refractivity (Wildman–Crippen MR) is 51.6 cm³/mol. The van der Waals surface area contributed by atoms with Gasteiger partial charge in [0, 0.05) is 14.1 Å². The molecule has 1 amide bonds. The maximum Gasteiger partial charge on any atom is 0.315 e. The lowest BCUT2D eigenvalue weighted by Gasteiger charge is -2.02. The van der Waals surface area contributed by atoms with E-state index in [0.717, 1.165) is 6.41 Å². The number of nitrogens with zero attached hydrogens (tertiary/aromatic N) is 1. The molecule has 0 N–H and O–H groups in total. The van der Waals surface area contributed by atoms with Gasteiger partial charge < -0.3 is 9.64 Å². The zero-order valence-corrected chi connectivity index (χ0v) is 9.23. The van der Waals surface area contributed by atoms with Gasteiger partial charge >= 0.3 is 5.97 Å². The van der Waals surface area contributed by atoms with E-state index in [1.54, 1.807) is 14.1 Å². The molecule has 0 fully saturated rings. The van der Waals surface area contributed by atoms with E-state index in [-0.39, 0.29) is 5.78 Å². The average molecular weight is 203 g/mol. The Bertz CT molecular complexity index is 201. The van der Waals surface area contributed by atoms with E-state index in [1.807, 2.05) is 0 Å². The Kier molecular flexibility index (Phi) is 8.86. The maximum atomic E-state index is 10.5. The quantitative estimate of drug-likeness (QED) is 0.370. The fraction of sp³-hybridized carbons (Fsp3) is 0.667. The number of amides is 1. The second kappa shape index (κ2) is 8.22. The molecule has 82 valence electrons. The Morgan fingerprint density at radius 1 is 1.36 bits per heavy atom. The van der Waals surface area contributed by atoms with Crippen LogP contribution in [0.2, 0.25) is 0 Å². The second-order valence-corrected chi connectivity index (χ2v) is 2.92. The minimum atomic E-state index is -0.616. The van der Waals surface area contributed by atoms with E-state index in [4.69, 9.17) is 0 Å². The zero-order valence-electron chi connectivity index (χ0n) is 9.23. The lowest BCUT2D eigenvalue weighted by molar-refractivity contribution is -0.148. The average Bonchev–Trinajstić information content (AvgIpc) is 2.16. The monoisotopic (exact) mass is 203 g/mol. The molecule has 5 heteroatoms. The van der Waals surface area contributed by atoms with Gasteiger partial charge in [0.1, 0.15) is 11.7 Å². The van der Waals surface area contributed by atoms with Gasteiger partial charge in [-0.05, 0) is 13.8 Å². The van der Waals surface area contributed by atoms with E-state index >= 15 is 0 Å². The summed E-state index contributed by atoms with van der Waals surface area (Å²) in [5.74, 6) is -1.25. The number of ether oxygens (including phenoxy) is 1. The van der Waals surface area contributed by atoms with Gasteiger partial charge in [0.2, 0.25) is 6.41 Å². The number of rotatable bonds is 3. The van der Waals surface area contributed by atoms with Crippen molar-refractivity contribution in [1.29, 1.82) is 0 Å². The Morgan fingerprint density at radius 2 is 1.71 bits per heavy atom. The number of hydrogen-bond acceptors (Lipinski definition) is 4. The third-order valence-corrected chi connectivity index (χ3v) is 1.38. The van der Waals surface area contributed by atoms with Crippen molar-refractivity contribution >= 4 is 18.2 Å². The second-order valence-electron chi connectivity index (χ2n) is 2.92. The molecule has 5 nitrogen and oxygen atoms in total. The number of carbonyl (C=O) groups excluding carboxylic acids is 3. The van der Waals surface area contributed by atoms with Gasteiger partial charge in [-0.3, -0.25) is 14.4 Å². The molecule has 0 heterocycles. The molecule has 0 bridgehead atoms. The molecule has 0 aromatic carbocycles. The molecule has 14 heavy (non-hydrogen) atoms. The van der Waals surface area contributed by atoms with E-state index in [1.165, 1.54) is 25.9 Å². The van der Waals surface area contributed by atoms with Crippen molar-refractivity contribution in [3.8, 4) is 0 Å². The van der Waals surface area contributed by atoms with Crippen LogP contribution in [0.4, 0.5) is 0 Å². The first-order valence-electron chi connectivity index (χ1n) is 4.06. The van der Waals surface area contributed by atoms with Gasteiger partial charge in [-0.15, -0.1) is 0 Å². The van der Waals surface area contributed by atoms with Gasteiger partial charge in [-0.25, -0.2) is 0 Å². The third kappa shape index (κ3) is 8.70. The van der Waals surface area contributed by atoms with Crippen LogP contribution in [0.1, 0.15) is 13.8 Å². The van der Waals surface area contributed by atoms with Gasteiger partial charge in [0.05, 0.1) is 7.11 Å². The van der Waals surface area contributed by atoms with Crippen LogP contribution in [-0.4, -0.2) is 44.3 Å². The summed E-state index contributed by atoms with van der Waals surface area (Å²) in [6.45, 7) is 2.88. The summed E-state index contributed by atoms with van der Waals surface area (Å²) in [6, 6.07) is 0. The van der Waals surface area contributed by atoms with Crippen LogP contribution in [0, 0.1) is 5.92 Å². The van der Waals surface area contributed by atoms with Crippen molar-refractivity contribution in [2.75, 3.05) is 21.2 Å². The van der Waals surface area contributed by atoms with E-state index in [2.05, 4.69) is 4.74 Å². The standard InChI is InChI=1S/C6H10O3.C3H7NO/c1-4(5(2)7)6(8)9-3;1-4(2)3-5/h4H,1-3H3;3H,1-2H3. The van der Waals surface area contributed by atoms with Crippen LogP contribution in [0.25, 0.3) is 0 Å². The number of ketones is 1. The molecule has 0 saturated carbocycles. The molecule has 0 rings (SSSR count). The van der Waals surface area contributed by atoms with Gasteiger partial charge in [0.25, 0.3) is 0 Å². The summed E-state index contributed by atoms with van der Waals surface area (Å²) < 4.78 is 4.31. The Balaban J connectivity index is 0. The van der Waals surface area contributed by atoms with Gasteiger partial charge in [-0.2, -0.15) is 0 Å². The highest BCUT2D eigenvalue weighted by Gasteiger charge is 2.16. The molecule has 0 aliphatic rings. The molecule has 0 aliphatic heterocycles. The first-order chi connectivity index (χ1) is 6.36. The summed E-state index contributed by atoms with van der Waals surface area (Å²) in [7, 11) is 4.64. The molecule has 0 aliphatic carbocycles. The van der Waals surface area contributed by atoms with Crippen molar-refractivity contribution in [2.24, 2.45) is 5.92 Å². The van der Waals surface area contributed by atoms with Crippen molar-refractivity contribution in [1.82, 2.24) is 4.90 Å². The molecule has 0 spiro atoms. The summed E-state index contributed by atoms with van der Waals surface area (Å²) in [4.78, 5) is 31.8. The van der Waals surface area contributed by atoms with Crippen LogP contribution in [-0.2, 0) is 19.1 Å². The number of esters is 1. The number of methoxy groups -OCH3 is 1. The van der Waals surface area contributed by atoms with E-state index < -0.39 is 11.9 Å². The third-order valence-electron chi connectivity index (χ3n) is 1.38. The van der Waals surface area contributed by atoms with Crippen molar-refractivity contribution < 1.29 is 19.1 Å². The highest BCUT2D eigenvalue weighted by atomic mass is 16.5. The molecule has 0 aromatic rings. The Morgan fingerprint density at radius 3 is 1.79 bits per heavy atom. The SMILES string of the molecule is CN(C)C=O.COC(=O)C(C)C(C)=O. The molecular formula is C9H17NO4. The van der Waals surface area contributed by atoms with Crippen LogP contribution in [0.3, 0.4) is 0 Å². The van der Waals surface area contributed by atoms with Crippen LogP contribution in [0.15, 0.2) is 0 Å². The fourth-order valence-electron chi connectivity index (χ4n) is 0.343. The van der Waals surface area contributed by atoms with Crippen LogP contribution >= 0.6 is 0 Å². The summed E-state index contributed by atoms with van der Waals surface area (Å²) in [5, 5.41) is 0. The maximum absolute atomic E-state index is 10.5. The molecule has 0 aromatic heterocycles. The van der Waals surface area contributed by atoms with Crippen molar-refractivity contribution in [3.63, 3.8) is 0 Å². The Hall–Kier alpha value is -1.39. The minimum absolute atomic E-state index is 0.165. The lowest BCUT2D eigenvalue weighted by Crippen LogP contribution is -2.19. The fourth-order valence-corrected chi connectivity index (χ4v) is 0.343. The summed E-state index contributed by atoms with van der Waals surface area (Å²) in [6.07, 6.45) is 0.750. The van der Waals surface area contributed by atoms with Crippen LogP contribution < -0.4 is 0 Å². The van der Waals surface area contributed by atoms with Crippen molar-refractivity contribution in [3.05, 3.63) is 0 Å². The number of hydrogen-bond donors (Lipinski definition) is 0. The largest absolute Gasteiger partial charge is 0.468 e. The normalized spacial score (nSPS) is 10.4. The lowest BCUT2D eigenvalue weighted by atomic mass is 10.1. The first kappa shape index (κ1) is 15.1. The highest BCUT2D eigenvalue weighted by Crippen LogP contribution is 1.97. The Labute approximate surface area is 84.0 Å². The molecule has 0 saturated heterocycles. The first-order valence-corrected chi connectivity index (χ1v) is 4.06. The predicted octanol–water partition coefficient (Wildman–Crippen LogP) is 0.0889. The van der Waals surface area contributed by atoms with Crippen molar-refractivity contribution in [2.45, 2.75) is 13.8 Å². The number of Topliss-reactive ketones (excluding diaryl/α,β-unsaturated/α-hetero) is 1. The summed E-state index contributed by atoms with van der Waals surface area (Å²) in [5.41, 5.74) is 0. The molecule has 1 atom stereocenters. The topological polar surface area (TPSA) is 63.7 Å². The van der Waals surface area contributed by atoms with Crippen LogP contribution in [0.5, 0.6) is 0 Å². The summed E-state index contributed by atoms with van der Waals surface area (Å²) >= 11 is 0. The number of carbonyl (C=O) groups is 3. The van der Waals surface area contributed by atoms with Gasteiger partial charge in [0.15, 0.2) is 0 Å². The molecule has 1 unspecified atom stereocenters. The van der Waals surface area contributed by atoms with E-state index in [0.29, 0.717) is 0 Å². The molecule has 0 radical (unpaired) electrons.